The van der Waals surface area contributed by atoms with Crippen molar-refractivity contribution in [3.8, 4) is 37.0 Å². The largest absolute Gasteiger partial charge is 0.298 e. The molecule has 4 nitrogen and oxygen atoms in total. The van der Waals surface area contributed by atoms with Crippen molar-refractivity contribution in [1.82, 2.24) is 4.90 Å². The molecule has 0 amide bonds. The van der Waals surface area contributed by atoms with Crippen LogP contribution in [-0.4, -0.2) is 62.8 Å². The first kappa shape index (κ1) is 26.9. The summed E-state index contributed by atoms with van der Waals surface area (Å²) < 4.78 is 0. The molecule has 0 unspecified atom stereocenters. The van der Waals surface area contributed by atoms with Gasteiger partial charge in [-0.05, 0) is 53.1 Å². The molecule has 37 heavy (non-hydrogen) atoms. The molecule has 3 rings (SSSR count). The van der Waals surface area contributed by atoms with Gasteiger partial charge in [0.1, 0.15) is 0 Å². The second-order valence-corrected chi connectivity index (χ2v) is 8.25. The molecule has 0 radical (unpaired) electrons. The summed E-state index contributed by atoms with van der Waals surface area (Å²) in [6.45, 7) is 4.51. The minimum absolute atomic E-state index is 0.686. The molecule has 0 aliphatic carbocycles. The number of aliphatic imine (C=N–C) groups is 3. The number of benzene rings is 3. The Labute approximate surface area is 220 Å². The Morgan fingerprint density at radius 1 is 0.486 bits per heavy atom. The number of hydrogen-bond acceptors (Lipinski definition) is 4. The standard InChI is InChI=1S/C33H30N4/c1-4-28-7-13-31(14-8-28)25-34-19-22-37(23-20-35-26-32-15-9-29(5-2)10-16-32)24-21-36-27-33-17-11-30(6-3)12-18-33/h1-3,7-18,25-27H,19-24H2. The molecule has 0 atom stereocenters. The highest BCUT2D eigenvalue weighted by molar-refractivity contribution is 5.80. The molecule has 4 heteroatoms. The van der Waals surface area contributed by atoms with Crippen LogP contribution in [0.2, 0.25) is 0 Å². The van der Waals surface area contributed by atoms with Gasteiger partial charge in [-0.2, -0.15) is 0 Å². The van der Waals surface area contributed by atoms with E-state index < -0.39 is 0 Å². The normalized spacial score (nSPS) is 11.2. The zero-order chi connectivity index (χ0) is 26.1. The van der Waals surface area contributed by atoms with E-state index in [1.165, 1.54) is 0 Å². The Morgan fingerprint density at radius 3 is 1.00 bits per heavy atom. The minimum atomic E-state index is 0.686. The van der Waals surface area contributed by atoms with Crippen molar-refractivity contribution in [2.45, 2.75) is 0 Å². The first-order valence-electron chi connectivity index (χ1n) is 12.1. The van der Waals surface area contributed by atoms with Crippen LogP contribution in [0, 0.1) is 37.0 Å². The summed E-state index contributed by atoms with van der Waals surface area (Å²) in [5, 5.41) is 0. The lowest BCUT2D eigenvalue weighted by Crippen LogP contribution is -2.31. The van der Waals surface area contributed by atoms with Crippen molar-refractivity contribution >= 4 is 18.6 Å². The van der Waals surface area contributed by atoms with Crippen LogP contribution >= 0.6 is 0 Å². The molecule has 0 aliphatic rings. The predicted molar refractivity (Wildman–Crippen MR) is 157 cm³/mol. The van der Waals surface area contributed by atoms with E-state index in [0.29, 0.717) is 19.6 Å². The quantitative estimate of drug-likeness (QED) is 0.275. The van der Waals surface area contributed by atoms with E-state index >= 15 is 0 Å². The topological polar surface area (TPSA) is 40.3 Å². The third-order valence-corrected chi connectivity index (χ3v) is 5.59. The summed E-state index contributed by atoms with van der Waals surface area (Å²) in [6, 6.07) is 23.4. The molecule has 3 aromatic carbocycles. The number of terminal acetylenes is 3. The number of nitrogens with zero attached hydrogens (tertiary/aromatic N) is 4. The van der Waals surface area contributed by atoms with Crippen molar-refractivity contribution < 1.29 is 0 Å². The molecular weight excluding hydrogens is 452 g/mol. The summed E-state index contributed by atoms with van der Waals surface area (Å²) >= 11 is 0. The molecule has 0 bridgehead atoms. The van der Waals surface area contributed by atoms with E-state index in [-0.39, 0.29) is 0 Å². The highest BCUT2D eigenvalue weighted by atomic mass is 15.1. The van der Waals surface area contributed by atoms with Gasteiger partial charge in [0, 0.05) is 55.0 Å². The van der Waals surface area contributed by atoms with Crippen LogP contribution in [0.1, 0.15) is 33.4 Å². The molecule has 0 heterocycles. The lowest BCUT2D eigenvalue weighted by Gasteiger charge is -2.19. The number of rotatable bonds is 12. The molecular formula is C33H30N4. The van der Waals surface area contributed by atoms with Crippen molar-refractivity contribution in [2.24, 2.45) is 15.0 Å². The summed E-state index contributed by atoms with van der Waals surface area (Å²) in [5.74, 6) is 7.88. The highest BCUT2D eigenvalue weighted by Crippen LogP contribution is 2.03. The fourth-order valence-electron chi connectivity index (χ4n) is 3.44. The molecule has 0 saturated heterocycles. The maximum atomic E-state index is 5.42. The van der Waals surface area contributed by atoms with Crippen molar-refractivity contribution in [3.05, 3.63) is 106 Å². The van der Waals surface area contributed by atoms with Gasteiger partial charge < -0.3 is 0 Å². The van der Waals surface area contributed by atoms with Gasteiger partial charge in [-0.3, -0.25) is 19.9 Å². The van der Waals surface area contributed by atoms with Crippen LogP contribution in [0.5, 0.6) is 0 Å². The molecule has 0 N–H and O–H groups in total. The average Bonchev–Trinajstić information content (AvgIpc) is 2.96. The predicted octanol–water partition coefficient (Wildman–Crippen LogP) is 4.59. The molecule has 182 valence electrons. The summed E-state index contributed by atoms with van der Waals surface area (Å²) in [7, 11) is 0. The third-order valence-electron chi connectivity index (χ3n) is 5.59. The molecule has 0 fully saturated rings. The first-order valence-corrected chi connectivity index (χ1v) is 12.1. The summed E-state index contributed by atoms with van der Waals surface area (Å²) in [5.41, 5.74) is 5.69. The third kappa shape index (κ3) is 9.83. The van der Waals surface area contributed by atoms with Gasteiger partial charge in [0.25, 0.3) is 0 Å². The maximum absolute atomic E-state index is 5.42. The van der Waals surface area contributed by atoms with Crippen LogP contribution in [0.25, 0.3) is 0 Å². The summed E-state index contributed by atoms with van der Waals surface area (Å²) in [4.78, 5) is 16.1. The highest BCUT2D eigenvalue weighted by Gasteiger charge is 2.03. The molecule has 0 spiro atoms. The van der Waals surface area contributed by atoms with E-state index in [4.69, 9.17) is 19.3 Å². The zero-order valence-corrected chi connectivity index (χ0v) is 20.9. The second kappa shape index (κ2) is 15.3. The molecule has 0 aromatic heterocycles. The van der Waals surface area contributed by atoms with Crippen LogP contribution in [0.4, 0.5) is 0 Å². The summed E-state index contributed by atoms with van der Waals surface area (Å²) in [6.07, 6.45) is 21.9. The van der Waals surface area contributed by atoms with E-state index in [1.54, 1.807) is 0 Å². The first-order chi connectivity index (χ1) is 18.2. The van der Waals surface area contributed by atoms with E-state index in [1.807, 2.05) is 91.4 Å². The Bertz CT molecular complexity index is 1150. The lowest BCUT2D eigenvalue weighted by molar-refractivity contribution is 0.298. The van der Waals surface area contributed by atoms with Gasteiger partial charge in [-0.15, -0.1) is 19.3 Å². The monoisotopic (exact) mass is 482 g/mol. The van der Waals surface area contributed by atoms with Gasteiger partial charge >= 0.3 is 0 Å². The lowest BCUT2D eigenvalue weighted by atomic mass is 10.1. The smallest absolute Gasteiger partial charge is 0.0517 e. The second-order valence-electron chi connectivity index (χ2n) is 8.25. The van der Waals surface area contributed by atoms with E-state index in [0.717, 1.165) is 53.0 Å². The fraction of sp³-hybridized carbons (Fsp3) is 0.182. The Hall–Kier alpha value is -4.69. The molecule has 0 saturated carbocycles. The van der Waals surface area contributed by atoms with Gasteiger partial charge in [-0.1, -0.05) is 54.2 Å². The Balaban J connectivity index is 1.52. The Morgan fingerprint density at radius 2 is 0.757 bits per heavy atom. The Kier molecular flexibility index (Phi) is 11.2. The van der Waals surface area contributed by atoms with Gasteiger partial charge in [0.15, 0.2) is 0 Å². The minimum Gasteiger partial charge on any atom is -0.298 e. The van der Waals surface area contributed by atoms with Crippen LogP contribution in [0.15, 0.2) is 87.8 Å². The SMILES string of the molecule is C#Cc1ccc(C=NCCN(CCN=Cc2ccc(C#C)cc2)CCN=Cc2ccc(C#C)cc2)cc1. The van der Waals surface area contributed by atoms with Crippen molar-refractivity contribution in [1.29, 1.82) is 0 Å². The van der Waals surface area contributed by atoms with E-state index in [9.17, 15) is 0 Å². The van der Waals surface area contributed by atoms with Crippen LogP contribution < -0.4 is 0 Å². The average molecular weight is 483 g/mol. The zero-order valence-electron chi connectivity index (χ0n) is 20.9. The fourth-order valence-corrected chi connectivity index (χ4v) is 3.44. The maximum Gasteiger partial charge on any atom is 0.0517 e. The number of hydrogen-bond donors (Lipinski definition) is 0. The van der Waals surface area contributed by atoms with Crippen LogP contribution in [0.3, 0.4) is 0 Å². The molecule has 0 aliphatic heterocycles. The van der Waals surface area contributed by atoms with Crippen molar-refractivity contribution in [2.75, 3.05) is 39.3 Å². The molecule has 3 aromatic rings. The van der Waals surface area contributed by atoms with Gasteiger partial charge in [0.05, 0.1) is 19.6 Å². The van der Waals surface area contributed by atoms with Crippen molar-refractivity contribution in [3.63, 3.8) is 0 Å². The van der Waals surface area contributed by atoms with E-state index in [2.05, 4.69) is 37.6 Å². The van der Waals surface area contributed by atoms with Gasteiger partial charge in [0.2, 0.25) is 0 Å². The van der Waals surface area contributed by atoms with Gasteiger partial charge in [-0.25, -0.2) is 0 Å². The van der Waals surface area contributed by atoms with Crippen LogP contribution in [-0.2, 0) is 0 Å².